The number of hydrogen-bond donors (Lipinski definition) is 2. The molecule has 0 radical (unpaired) electrons. The normalized spacial score (nSPS) is 12.2. The van der Waals surface area contributed by atoms with Crippen molar-refractivity contribution in [1.82, 2.24) is 5.32 Å². The molecule has 0 bridgehead atoms. The molecule has 0 aliphatic rings. The SMILES string of the molecule is C=C(C)COCCNC(CN)c1cc(Br)ccc1OC. The zero-order valence-electron chi connectivity index (χ0n) is 12.1. The van der Waals surface area contributed by atoms with Gasteiger partial charge in [0.05, 0.1) is 20.3 Å². The van der Waals surface area contributed by atoms with E-state index in [-0.39, 0.29) is 6.04 Å². The Kier molecular flexibility index (Phi) is 7.84. The third-order valence-electron chi connectivity index (χ3n) is 2.79. The molecule has 0 aliphatic carbocycles. The first-order valence-corrected chi connectivity index (χ1v) is 7.36. The fourth-order valence-electron chi connectivity index (χ4n) is 1.85. The second kappa shape index (κ2) is 9.13. The number of methoxy groups -OCH3 is 1. The third kappa shape index (κ3) is 5.63. The average Bonchev–Trinajstić information content (AvgIpc) is 2.42. The van der Waals surface area contributed by atoms with Crippen LogP contribution < -0.4 is 15.8 Å². The summed E-state index contributed by atoms with van der Waals surface area (Å²) in [5.74, 6) is 0.832. The second-order valence-corrected chi connectivity index (χ2v) is 5.55. The number of halogens is 1. The van der Waals surface area contributed by atoms with E-state index in [9.17, 15) is 0 Å². The summed E-state index contributed by atoms with van der Waals surface area (Å²) in [6.07, 6.45) is 0. The van der Waals surface area contributed by atoms with Crippen molar-refractivity contribution in [2.45, 2.75) is 13.0 Å². The molecule has 1 aromatic rings. The Morgan fingerprint density at radius 3 is 2.85 bits per heavy atom. The summed E-state index contributed by atoms with van der Waals surface area (Å²) in [5, 5.41) is 3.38. The van der Waals surface area contributed by atoms with Gasteiger partial charge >= 0.3 is 0 Å². The number of rotatable bonds is 9. The maximum Gasteiger partial charge on any atom is 0.123 e. The van der Waals surface area contributed by atoms with Crippen LogP contribution in [0.1, 0.15) is 18.5 Å². The van der Waals surface area contributed by atoms with E-state index in [0.717, 1.165) is 27.9 Å². The van der Waals surface area contributed by atoms with Gasteiger partial charge < -0.3 is 20.5 Å². The molecule has 1 aromatic carbocycles. The standard InChI is InChI=1S/C15H23BrN2O2/c1-11(2)10-20-7-6-18-14(9-17)13-8-12(16)4-5-15(13)19-3/h4-5,8,14,18H,1,6-7,9-10,17H2,2-3H3. The molecule has 5 heteroatoms. The van der Waals surface area contributed by atoms with Crippen LogP contribution in [0, 0.1) is 0 Å². The Morgan fingerprint density at radius 1 is 1.50 bits per heavy atom. The quantitative estimate of drug-likeness (QED) is 0.535. The van der Waals surface area contributed by atoms with Crippen molar-refractivity contribution in [2.24, 2.45) is 5.73 Å². The predicted molar refractivity (Wildman–Crippen MR) is 86.1 cm³/mol. The van der Waals surface area contributed by atoms with E-state index in [0.29, 0.717) is 19.8 Å². The molecule has 1 rings (SSSR count). The maximum atomic E-state index is 5.85. The van der Waals surface area contributed by atoms with Gasteiger partial charge in [-0.1, -0.05) is 28.1 Å². The fraction of sp³-hybridized carbons (Fsp3) is 0.467. The summed E-state index contributed by atoms with van der Waals surface area (Å²) >= 11 is 3.47. The maximum absolute atomic E-state index is 5.85. The molecule has 0 heterocycles. The number of ether oxygens (including phenoxy) is 2. The van der Waals surface area contributed by atoms with Crippen LogP contribution >= 0.6 is 15.9 Å². The van der Waals surface area contributed by atoms with Crippen LogP contribution in [0.25, 0.3) is 0 Å². The summed E-state index contributed by atoms with van der Waals surface area (Å²) in [5.41, 5.74) is 7.92. The summed E-state index contributed by atoms with van der Waals surface area (Å²) in [4.78, 5) is 0. The molecule has 0 fully saturated rings. The first-order valence-electron chi connectivity index (χ1n) is 6.57. The molecule has 1 unspecified atom stereocenters. The Labute approximate surface area is 129 Å². The minimum Gasteiger partial charge on any atom is -0.496 e. The first-order chi connectivity index (χ1) is 9.58. The van der Waals surface area contributed by atoms with Crippen LogP contribution in [0.5, 0.6) is 5.75 Å². The molecule has 0 amide bonds. The highest BCUT2D eigenvalue weighted by atomic mass is 79.9. The summed E-state index contributed by atoms with van der Waals surface area (Å²) < 4.78 is 11.9. The highest BCUT2D eigenvalue weighted by molar-refractivity contribution is 9.10. The van der Waals surface area contributed by atoms with Crippen molar-refractivity contribution < 1.29 is 9.47 Å². The summed E-state index contributed by atoms with van der Waals surface area (Å²) in [6.45, 7) is 8.18. The van der Waals surface area contributed by atoms with Gasteiger partial charge in [-0.15, -0.1) is 0 Å². The third-order valence-corrected chi connectivity index (χ3v) is 3.28. The lowest BCUT2D eigenvalue weighted by Crippen LogP contribution is -2.31. The molecule has 0 saturated carbocycles. The molecule has 0 spiro atoms. The average molecular weight is 343 g/mol. The van der Waals surface area contributed by atoms with Gasteiger partial charge in [0.1, 0.15) is 5.75 Å². The lowest BCUT2D eigenvalue weighted by atomic mass is 10.1. The lowest BCUT2D eigenvalue weighted by Gasteiger charge is -2.20. The van der Waals surface area contributed by atoms with E-state index in [1.54, 1.807) is 7.11 Å². The van der Waals surface area contributed by atoms with E-state index in [1.165, 1.54) is 0 Å². The van der Waals surface area contributed by atoms with Gasteiger partial charge in [-0.05, 0) is 25.1 Å². The molecular formula is C15H23BrN2O2. The monoisotopic (exact) mass is 342 g/mol. The summed E-state index contributed by atoms with van der Waals surface area (Å²) in [6, 6.07) is 5.95. The van der Waals surface area contributed by atoms with Crippen molar-refractivity contribution in [3.05, 3.63) is 40.4 Å². The number of nitrogens with one attached hydrogen (secondary N) is 1. The Bertz CT molecular complexity index is 438. The second-order valence-electron chi connectivity index (χ2n) is 4.64. The highest BCUT2D eigenvalue weighted by Crippen LogP contribution is 2.28. The fourth-order valence-corrected chi connectivity index (χ4v) is 2.23. The van der Waals surface area contributed by atoms with Crippen LogP contribution in [0.15, 0.2) is 34.8 Å². The van der Waals surface area contributed by atoms with Gasteiger partial charge in [-0.3, -0.25) is 0 Å². The van der Waals surface area contributed by atoms with Crippen LogP contribution in [0.4, 0.5) is 0 Å². The number of nitrogens with two attached hydrogens (primary N) is 1. The zero-order valence-corrected chi connectivity index (χ0v) is 13.7. The van der Waals surface area contributed by atoms with Crippen molar-refractivity contribution in [3.63, 3.8) is 0 Å². The van der Waals surface area contributed by atoms with Crippen LogP contribution in [-0.4, -0.2) is 33.4 Å². The Balaban J connectivity index is 2.57. The Morgan fingerprint density at radius 2 is 2.25 bits per heavy atom. The largest absolute Gasteiger partial charge is 0.496 e. The summed E-state index contributed by atoms with van der Waals surface area (Å²) in [7, 11) is 1.66. The van der Waals surface area contributed by atoms with Gasteiger partial charge in [-0.25, -0.2) is 0 Å². The van der Waals surface area contributed by atoms with E-state index in [4.69, 9.17) is 15.2 Å². The van der Waals surface area contributed by atoms with E-state index in [1.807, 2.05) is 25.1 Å². The van der Waals surface area contributed by atoms with Gasteiger partial charge in [0, 0.05) is 29.2 Å². The van der Waals surface area contributed by atoms with E-state index < -0.39 is 0 Å². The number of benzene rings is 1. The van der Waals surface area contributed by atoms with Crippen molar-refractivity contribution in [1.29, 1.82) is 0 Å². The molecule has 3 N–H and O–H groups in total. The predicted octanol–water partition coefficient (Wildman–Crippen LogP) is 2.64. The van der Waals surface area contributed by atoms with Gasteiger partial charge in [0.25, 0.3) is 0 Å². The minimum absolute atomic E-state index is 0.0379. The molecular weight excluding hydrogens is 320 g/mol. The molecule has 112 valence electrons. The lowest BCUT2D eigenvalue weighted by molar-refractivity contribution is 0.155. The van der Waals surface area contributed by atoms with Gasteiger partial charge in [0.2, 0.25) is 0 Å². The molecule has 4 nitrogen and oxygen atoms in total. The van der Waals surface area contributed by atoms with Crippen LogP contribution in [0.3, 0.4) is 0 Å². The molecule has 20 heavy (non-hydrogen) atoms. The molecule has 0 aliphatic heterocycles. The Hall–Kier alpha value is -0.880. The van der Waals surface area contributed by atoms with E-state index in [2.05, 4.69) is 27.8 Å². The molecule has 1 atom stereocenters. The smallest absolute Gasteiger partial charge is 0.123 e. The highest BCUT2D eigenvalue weighted by Gasteiger charge is 2.14. The van der Waals surface area contributed by atoms with Crippen molar-refractivity contribution in [2.75, 3.05) is 33.4 Å². The first kappa shape index (κ1) is 17.2. The van der Waals surface area contributed by atoms with Gasteiger partial charge in [-0.2, -0.15) is 0 Å². The molecule has 0 saturated heterocycles. The van der Waals surface area contributed by atoms with Crippen LogP contribution in [-0.2, 0) is 4.74 Å². The molecule has 0 aromatic heterocycles. The minimum atomic E-state index is 0.0379. The van der Waals surface area contributed by atoms with Crippen molar-refractivity contribution in [3.8, 4) is 5.75 Å². The van der Waals surface area contributed by atoms with Crippen molar-refractivity contribution >= 4 is 15.9 Å². The van der Waals surface area contributed by atoms with Gasteiger partial charge in [0.15, 0.2) is 0 Å². The number of hydrogen-bond acceptors (Lipinski definition) is 4. The topological polar surface area (TPSA) is 56.5 Å². The van der Waals surface area contributed by atoms with Crippen LogP contribution in [0.2, 0.25) is 0 Å². The zero-order chi connectivity index (χ0) is 15.0. The van der Waals surface area contributed by atoms with E-state index >= 15 is 0 Å².